The monoisotopic (exact) mass is 367 g/mol. The first kappa shape index (κ1) is 17.8. The number of hydrogen-bond donors (Lipinski definition) is 1. The van der Waals surface area contributed by atoms with Gasteiger partial charge in [0, 0.05) is 27.6 Å². The Kier molecular flexibility index (Phi) is 5.09. The van der Waals surface area contributed by atoms with Crippen molar-refractivity contribution in [3.05, 3.63) is 74.6 Å². The van der Waals surface area contributed by atoms with Gasteiger partial charge in [-0.25, -0.2) is 4.98 Å². The maximum atomic E-state index is 12.5. The first-order chi connectivity index (χ1) is 12.5. The second kappa shape index (κ2) is 7.45. The molecule has 0 aliphatic heterocycles. The Bertz CT molecular complexity index is 967. The first-order valence-electron chi connectivity index (χ1n) is 8.11. The molecule has 1 amide bonds. The molecule has 0 unspecified atom stereocenters. The van der Waals surface area contributed by atoms with Crippen LogP contribution in [0.3, 0.4) is 0 Å². The number of hydrogen-bond acceptors (Lipinski definition) is 5. The first-order valence-corrected chi connectivity index (χ1v) is 8.92. The summed E-state index contributed by atoms with van der Waals surface area (Å²) < 4.78 is 0. The van der Waals surface area contributed by atoms with E-state index in [-0.39, 0.29) is 11.3 Å². The number of amides is 1. The second-order valence-electron chi connectivity index (χ2n) is 5.72. The smallest absolute Gasteiger partial charge is 0.273 e. The van der Waals surface area contributed by atoms with E-state index in [1.165, 1.54) is 17.4 Å². The van der Waals surface area contributed by atoms with Gasteiger partial charge in [0.25, 0.3) is 11.6 Å². The van der Waals surface area contributed by atoms with Crippen LogP contribution in [0.25, 0.3) is 11.3 Å². The fraction of sp³-hybridized carbons (Fsp3) is 0.158. The van der Waals surface area contributed by atoms with Gasteiger partial charge in [0.05, 0.1) is 10.6 Å². The summed E-state index contributed by atoms with van der Waals surface area (Å²) >= 11 is 1.41. The van der Waals surface area contributed by atoms with Gasteiger partial charge in [0.15, 0.2) is 5.13 Å². The molecule has 0 aliphatic carbocycles. The maximum absolute atomic E-state index is 12.5. The molecule has 0 atom stereocenters. The van der Waals surface area contributed by atoms with Crippen molar-refractivity contribution in [1.82, 2.24) is 4.98 Å². The highest BCUT2D eigenvalue weighted by Crippen LogP contribution is 2.32. The summed E-state index contributed by atoms with van der Waals surface area (Å²) in [6.45, 7) is 3.68. The quantitative estimate of drug-likeness (QED) is 0.516. The molecular weight excluding hydrogens is 350 g/mol. The topological polar surface area (TPSA) is 85.1 Å². The molecule has 0 radical (unpaired) electrons. The summed E-state index contributed by atoms with van der Waals surface area (Å²) in [7, 11) is 0. The summed E-state index contributed by atoms with van der Waals surface area (Å²) in [5.74, 6) is -0.413. The van der Waals surface area contributed by atoms with Crippen molar-refractivity contribution in [3.63, 3.8) is 0 Å². The molecule has 0 bridgehead atoms. The highest BCUT2D eigenvalue weighted by atomic mass is 32.1. The van der Waals surface area contributed by atoms with Gasteiger partial charge in [-0.05, 0) is 19.4 Å². The number of rotatable bonds is 5. The molecule has 7 heteroatoms. The number of carbonyl (C=O) groups is 1. The number of benzene rings is 2. The number of nitro benzene ring substituents is 1. The zero-order valence-electron chi connectivity index (χ0n) is 14.4. The molecule has 1 N–H and O–H groups in total. The van der Waals surface area contributed by atoms with Gasteiger partial charge in [-0.1, -0.05) is 43.3 Å². The summed E-state index contributed by atoms with van der Waals surface area (Å²) in [5, 5.41) is 14.3. The standard InChI is InChI=1S/C19H17N3O3S/c1-3-16-17(13-7-5-4-6-8-13)20-19(26-16)21-18(23)14-10-9-12(2)15(11-14)22(24)25/h4-11H,3H2,1-2H3,(H,20,21,23). The Morgan fingerprint density at radius 2 is 1.96 bits per heavy atom. The predicted octanol–water partition coefficient (Wildman–Crippen LogP) is 4.84. The Morgan fingerprint density at radius 3 is 2.62 bits per heavy atom. The van der Waals surface area contributed by atoms with E-state index in [4.69, 9.17) is 0 Å². The molecule has 26 heavy (non-hydrogen) atoms. The van der Waals surface area contributed by atoms with Crippen LogP contribution in [0, 0.1) is 17.0 Å². The van der Waals surface area contributed by atoms with Crippen molar-refractivity contribution in [2.75, 3.05) is 5.32 Å². The number of nitrogens with zero attached hydrogens (tertiary/aromatic N) is 2. The lowest BCUT2D eigenvalue weighted by Gasteiger charge is -2.03. The average Bonchev–Trinajstić information content (AvgIpc) is 3.05. The van der Waals surface area contributed by atoms with Crippen molar-refractivity contribution in [1.29, 1.82) is 0 Å². The van der Waals surface area contributed by atoms with E-state index in [9.17, 15) is 14.9 Å². The molecular formula is C19H17N3O3S. The van der Waals surface area contributed by atoms with E-state index in [1.807, 2.05) is 37.3 Å². The molecule has 3 aromatic rings. The van der Waals surface area contributed by atoms with Gasteiger partial charge < -0.3 is 0 Å². The molecule has 0 spiro atoms. The molecule has 0 saturated carbocycles. The maximum Gasteiger partial charge on any atom is 0.273 e. The van der Waals surface area contributed by atoms with Crippen LogP contribution in [0.1, 0.15) is 27.7 Å². The molecule has 1 aromatic heterocycles. The minimum atomic E-state index is -0.488. The molecule has 2 aromatic carbocycles. The lowest BCUT2D eigenvalue weighted by Crippen LogP contribution is -2.12. The third-order valence-electron chi connectivity index (χ3n) is 3.95. The summed E-state index contributed by atoms with van der Waals surface area (Å²) in [5.41, 5.74) is 2.52. The van der Waals surface area contributed by atoms with E-state index in [1.54, 1.807) is 19.1 Å². The van der Waals surface area contributed by atoms with Crippen molar-refractivity contribution < 1.29 is 9.72 Å². The van der Waals surface area contributed by atoms with Crippen LogP contribution in [0.4, 0.5) is 10.8 Å². The minimum Gasteiger partial charge on any atom is -0.298 e. The Morgan fingerprint density at radius 1 is 1.23 bits per heavy atom. The van der Waals surface area contributed by atoms with E-state index in [0.29, 0.717) is 10.7 Å². The normalized spacial score (nSPS) is 10.5. The third kappa shape index (κ3) is 3.62. The zero-order valence-corrected chi connectivity index (χ0v) is 15.2. The Balaban J connectivity index is 1.88. The van der Waals surface area contributed by atoms with E-state index >= 15 is 0 Å². The molecule has 6 nitrogen and oxygen atoms in total. The number of anilines is 1. The van der Waals surface area contributed by atoms with Crippen LogP contribution in [-0.4, -0.2) is 15.8 Å². The van der Waals surface area contributed by atoms with Crippen LogP contribution >= 0.6 is 11.3 Å². The number of aromatic nitrogens is 1. The Hall–Kier alpha value is -3.06. The van der Waals surface area contributed by atoms with Crippen molar-refractivity contribution in [3.8, 4) is 11.3 Å². The van der Waals surface area contributed by atoms with Gasteiger partial charge in [-0.2, -0.15) is 0 Å². The highest BCUT2D eigenvalue weighted by molar-refractivity contribution is 7.16. The van der Waals surface area contributed by atoms with Crippen LogP contribution < -0.4 is 5.32 Å². The van der Waals surface area contributed by atoms with Crippen LogP contribution in [0.2, 0.25) is 0 Å². The number of aryl methyl sites for hydroxylation is 2. The van der Waals surface area contributed by atoms with Gasteiger partial charge in [-0.15, -0.1) is 11.3 Å². The average molecular weight is 367 g/mol. The molecule has 1 heterocycles. The van der Waals surface area contributed by atoms with Crippen LogP contribution in [0.5, 0.6) is 0 Å². The lowest BCUT2D eigenvalue weighted by atomic mass is 10.1. The van der Waals surface area contributed by atoms with Gasteiger partial charge >= 0.3 is 0 Å². The number of nitro groups is 1. The zero-order chi connectivity index (χ0) is 18.7. The van der Waals surface area contributed by atoms with Gasteiger partial charge in [0.1, 0.15) is 0 Å². The highest BCUT2D eigenvalue weighted by Gasteiger charge is 2.17. The van der Waals surface area contributed by atoms with E-state index in [2.05, 4.69) is 10.3 Å². The minimum absolute atomic E-state index is 0.0731. The SMILES string of the molecule is CCc1sc(NC(=O)c2ccc(C)c([N+](=O)[O-])c2)nc1-c1ccccc1. The summed E-state index contributed by atoms with van der Waals surface area (Å²) in [6.07, 6.45) is 0.799. The third-order valence-corrected chi connectivity index (χ3v) is 5.07. The van der Waals surface area contributed by atoms with E-state index < -0.39 is 10.8 Å². The Labute approximate surface area is 154 Å². The molecule has 0 aliphatic rings. The molecule has 132 valence electrons. The van der Waals surface area contributed by atoms with Crippen molar-refractivity contribution in [2.45, 2.75) is 20.3 Å². The fourth-order valence-corrected chi connectivity index (χ4v) is 3.50. The number of carbonyl (C=O) groups excluding carboxylic acids is 1. The number of thiazole rings is 1. The van der Waals surface area contributed by atoms with E-state index in [0.717, 1.165) is 22.6 Å². The van der Waals surface area contributed by atoms with Gasteiger partial charge in [-0.3, -0.25) is 20.2 Å². The van der Waals surface area contributed by atoms with Crippen molar-refractivity contribution in [2.24, 2.45) is 0 Å². The molecule has 3 rings (SSSR count). The second-order valence-corrected chi connectivity index (χ2v) is 6.81. The van der Waals surface area contributed by atoms with Gasteiger partial charge in [0.2, 0.25) is 0 Å². The summed E-state index contributed by atoms with van der Waals surface area (Å²) in [6, 6.07) is 14.2. The molecule has 0 fully saturated rings. The largest absolute Gasteiger partial charge is 0.298 e. The van der Waals surface area contributed by atoms with Crippen LogP contribution in [-0.2, 0) is 6.42 Å². The van der Waals surface area contributed by atoms with Crippen molar-refractivity contribution >= 4 is 28.1 Å². The predicted molar refractivity (Wildman–Crippen MR) is 103 cm³/mol. The fourth-order valence-electron chi connectivity index (χ4n) is 2.58. The lowest BCUT2D eigenvalue weighted by molar-refractivity contribution is -0.385. The van der Waals surface area contributed by atoms with Crippen LogP contribution in [0.15, 0.2) is 48.5 Å². The summed E-state index contributed by atoms with van der Waals surface area (Å²) in [4.78, 5) is 28.7. The molecule has 0 saturated heterocycles. The number of nitrogens with one attached hydrogen (secondary N) is 1.